The van der Waals surface area contributed by atoms with E-state index in [9.17, 15) is 9.59 Å². The first kappa shape index (κ1) is 17.2. The highest BCUT2D eigenvalue weighted by Crippen LogP contribution is 2.59. The standard InChI is InChI=1S/C20H28O4/c1-11(2)9-15(21)24-19-16-12(3)10-23-18(16)17(22)14-8-6-7-13(4)20(14,19)5/h10-11,13-14,19H,6-9H2,1-5H3. The molecule has 0 amide bonds. The third-order valence-electron chi connectivity index (χ3n) is 6.16. The first-order valence-electron chi connectivity index (χ1n) is 9.08. The molecule has 0 N–H and O–H groups in total. The van der Waals surface area contributed by atoms with Crippen LogP contribution in [0, 0.1) is 30.1 Å². The highest BCUT2D eigenvalue weighted by atomic mass is 16.5. The second-order valence-electron chi connectivity index (χ2n) is 8.24. The van der Waals surface area contributed by atoms with Crippen LogP contribution in [0.15, 0.2) is 10.7 Å². The zero-order valence-electron chi connectivity index (χ0n) is 15.3. The topological polar surface area (TPSA) is 56.5 Å². The van der Waals surface area contributed by atoms with Crippen molar-refractivity contribution in [3.8, 4) is 0 Å². The molecule has 4 unspecified atom stereocenters. The number of carbonyl (C=O) groups is 2. The molecule has 0 bridgehead atoms. The number of rotatable bonds is 3. The summed E-state index contributed by atoms with van der Waals surface area (Å²) in [6.45, 7) is 10.3. The molecule has 1 heterocycles. The largest absolute Gasteiger partial charge is 0.461 e. The molecule has 4 heteroatoms. The second kappa shape index (κ2) is 6.05. The van der Waals surface area contributed by atoms with Gasteiger partial charge in [0.1, 0.15) is 6.10 Å². The summed E-state index contributed by atoms with van der Waals surface area (Å²) in [5, 5.41) is 0. The van der Waals surface area contributed by atoms with Crippen molar-refractivity contribution in [1.29, 1.82) is 0 Å². The van der Waals surface area contributed by atoms with Gasteiger partial charge < -0.3 is 9.15 Å². The maximum Gasteiger partial charge on any atom is 0.306 e. The number of hydrogen-bond donors (Lipinski definition) is 0. The second-order valence-corrected chi connectivity index (χ2v) is 8.24. The number of carbonyl (C=O) groups excluding carboxylic acids is 2. The fraction of sp³-hybridized carbons (Fsp3) is 0.700. The zero-order valence-corrected chi connectivity index (χ0v) is 15.3. The van der Waals surface area contributed by atoms with Gasteiger partial charge in [0.25, 0.3) is 0 Å². The predicted octanol–water partition coefficient (Wildman–Crippen LogP) is 4.86. The molecular weight excluding hydrogens is 304 g/mol. The minimum atomic E-state index is -0.393. The lowest BCUT2D eigenvalue weighted by molar-refractivity contribution is -0.167. The van der Waals surface area contributed by atoms with Gasteiger partial charge in [-0.05, 0) is 37.2 Å². The Morgan fingerprint density at radius 2 is 2.12 bits per heavy atom. The SMILES string of the molecule is Cc1coc2c1C(OC(=O)CC(C)C)C1(C)C(C)CCCC1C2=O. The van der Waals surface area contributed by atoms with E-state index in [-0.39, 0.29) is 29.0 Å². The van der Waals surface area contributed by atoms with Gasteiger partial charge in [-0.2, -0.15) is 0 Å². The van der Waals surface area contributed by atoms with Crippen molar-refractivity contribution in [3.63, 3.8) is 0 Å². The Morgan fingerprint density at radius 3 is 2.79 bits per heavy atom. The van der Waals surface area contributed by atoms with E-state index in [0.717, 1.165) is 30.4 Å². The van der Waals surface area contributed by atoms with E-state index in [0.29, 0.717) is 18.1 Å². The quantitative estimate of drug-likeness (QED) is 0.742. The van der Waals surface area contributed by atoms with Crippen LogP contribution in [-0.4, -0.2) is 11.8 Å². The van der Waals surface area contributed by atoms with Crippen LogP contribution in [0.1, 0.15) is 81.2 Å². The highest BCUT2D eigenvalue weighted by molar-refractivity contribution is 5.99. The summed E-state index contributed by atoms with van der Waals surface area (Å²) in [6, 6.07) is 0. The number of fused-ring (bicyclic) bond motifs is 2. The molecule has 132 valence electrons. The van der Waals surface area contributed by atoms with Crippen molar-refractivity contribution in [1.82, 2.24) is 0 Å². The average molecular weight is 332 g/mol. The monoisotopic (exact) mass is 332 g/mol. The van der Waals surface area contributed by atoms with Crippen LogP contribution in [0.2, 0.25) is 0 Å². The number of furan rings is 1. The minimum absolute atomic E-state index is 0.0864. The molecule has 0 saturated heterocycles. The van der Waals surface area contributed by atoms with E-state index in [4.69, 9.17) is 9.15 Å². The summed E-state index contributed by atoms with van der Waals surface area (Å²) in [7, 11) is 0. The lowest BCUT2D eigenvalue weighted by Crippen LogP contribution is -2.50. The number of hydrogen-bond acceptors (Lipinski definition) is 4. The molecule has 0 aliphatic heterocycles. The summed E-state index contributed by atoms with van der Waals surface area (Å²) in [5.41, 5.74) is 1.34. The molecule has 4 nitrogen and oxygen atoms in total. The third-order valence-corrected chi connectivity index (χ3v) is 6.16. The maximum absolute atomic E-state index is 13.0. The predicted molar refractivity (Wildman–Crippen MR) is 90.7 cm³/mol. The Hall–Kier alpha value is -1.58. The Labute approximate surface area is 143 Å². The summed E-state index contributed by atoms with van der Waals surface area (Å²) in [5.74, 6) is 0.749. The van der Waals surface area contributed by atoms with Gasteiger partial charge in [-0.15, -0.1) is 0 Å². The number of esters is 1. The van der Waals surface area contributed by atoms with Crippen molar-refractivity contribution in [2.24, 2.45) is 23.2 Å². The lowest BCUT2D eigenvalue weighted by atomic mass is 9.54. The average Bonchev–Trinajstić information content (AvgIpc) is 2.87. The van der Waals surface area contributed by atoms with Crippen molar-refractivity contribution in [2.75, 3.05) is 0 Å². The molecule has 1 aromatic rings. The van der Waals surface area contributed by atoms with Crippen molar-refractivity contribution < 1.29 is 18.7 Å². The molecule has 24 heavy (non-hydrogen) atoms. The van der Waals surface area contributed by atoms with Crippen molar-refractivity contribution >= 4 is 11.8 Å². The number of ketones is 1. The highest BCUT2D eigenvalue weighted by Gasteiger charge is 2.58. The van der Waals surface area contributed by atoms with Crippen molar-refractivity contribution in [2.45, 2.75) is 66.4 Å². The van der Waals surface area contributed by atoms with E-state index in [1.165, 1.54) is 0 Å². The molecule has 3 rings (SSSR count). The van der Waals surface area contributed by atoms with Gasteiger partial charge in [-0.1, -0.05) is 34.1 Å². The van der Waals surface area contributed by atoms with Gasteiger partial charge in [0.15, 0.2) is 5.76 Å². The molecule has 0 spiro atoms. The van der Waals surface area contributed by atoms with Gasteiger partial charge in [-0.3, -0.25) is 9.59 Å². The number of Topliss-reactive ketones (excluding diaryl/α,β-unsaturated/α-hetero) is 1. The van der Waals surface area contributed by atoms with Gasteiger partial charge in [-0.25, -0.2) is 0 Å². The lowest BCUT2D eigenvalue weighted by Gasteiger charge is -2.51. The van der Waals surface area contributed by atoms with Gasteiger partial charge in [0.2, 0.25) is 5.78 Å². The maximum atomic E-state index is 13.0. The Bertz CT molecular complexity index is 657. The normalized spacial score (nSPS) is 32.4. The fourth-order valence-corrected chi connectivity index (χ4v) is 4.59. The fourth-order valence-electron chi connectivity index (χ4n) is 4.59. The molecule has 1 saturated carbocycles. The molecule has 0 radical (unpaired) electrons. The van der Waals surface area contributed by atoms with Crippen molar-refractivity contribution in [3.05, 3.63) is 23.2 Å². The Balaban J connectivity index is 2.07. The summed E-state index contributed by atoms with van der Waals surface area (Å²) in [6.07, 6.45) is 4.56. The van der Waals surface area contributed by atoms with E-state index in [1.807, 2.05) is 20.8 Å². The van der Waals surface area contributed by atoms with E-state index >= 15 is 0 Å². The summed E-state index contributed by atoms with van der Waals surface area (Å²) < 4.78 is 11.6. The molecule has 0 aromatic carbocycles. The molecule has 1 fully saturated rings. The van der Waals surface area contributed by atoms with Gasteiger partial charge in [0, 0.05) is 23.3 Å². The molecule has 2 aliphatic carbocycles. The zero-order chi connectivity index (χ0) is 17.6. The smallest absolute Gasteiger partial charge is 0.306 e. The van der Waals surface area contributed by atoms with Crippen LogP contribution < -0.4 is 0 Å². The first-order chi connectivity index (χ1) is 11.3. The summed E-state index contributed by atoms with van der Waals surface area (Å²) in [4.78, 5) is 25.4. The molecule has 1 aromatic heterocycles. The number of aryl methyl sites for hydroxylation is 1. The third kappa shape index (κ3) is 2.51. The van der Waals surface area contributed by atoms with Crippen LogP contribution in [0.5, 0.6) is 0 Å². The van der Waals surface area contributed by atoms with Crippen LogP contribution in [-0.2, 0) is 9.53 Å². The molecule has 2 aliphatic rings. The van der Waals surface area contributed by atoms with Gasteiger partial charge in [0.05, 0.1) is 6.26 Å². The van der Waals surface area contributed by atoms with Crippen LogP contribution in [0.4, 0.5) is 0 Å². The van der Waals surface area contributed by atoms with Crippen LogP contribution in [0.25, 0.3) is 0 Å². The Kier molecular flexibility index (Phi) is 4.35. The van der Waals surface area contributed by atoms with Gasteiger partial charge >= 0.3 is 5.97 Å². The summed E-state index contributed by atoms with van der Waals surface area (Å²) >= 11 is 0. The molecule has 4 atom stereocenters. The van der Waals surface area contributed by atoms with Crippen LogP contribution in [0.3, 0.4) is 0 Å². The molecular formula is C20H28O4. The van der Waals surface area contributed by atoms with Crippen LogP contribution >= 0.6 is 0 Å². The van der Waals surface area contributed by atoms with E-state index < -0.39 is 6.10 Å². The number of ether oxygens (including phenoxy) is 1. The van der Waals surface area contributed by atoms with E-state index in [1.54, 1.807) is 6.26 Å². The Morgan fingerprint density at radius 1 is 1.42 bits per heavy atom. The minimum Gasteiger partial charge on any atom is -0.461 e. The first-order valence-corrected chi connectivity index (χ1v) is 9.08. The van der Waals surface area contributed by atoms with E-state index in [2.05, 4.69) is 13.8 Å².